The van der Waals surface area contributed by atoms with Crippen molar-refractivity contribution in [3.63, 3.8) is 0 Å². The number of imidazole rings is 1. The molecule has 0 saturated carbocycles. The molecule has 0 bridgehead atoms. The van der Waals surface area contributed by atoms with Crippen molar-refractivity contribution in [2.24, 2.45) is 14.1 Å². The largest absolute Gasteiger partial charge is 0.333 e. The van der Waals surface area contributed by atoms with Gasteiger partial charge in [-0.15, -0.1) is 0 Å². The van der Waals surface area contributed by atoms with Crippen LogP contribution in [-0.2, 0) is 14.1 Å². The minimum Gasteiger partial charge on any atom is -0.333 e. The lowest BCUT2D eigenvalue weighted by Gasteiger charge is -1.97. The Hall–Kier alpha value is -1.84. The molecule has 0 unspecified atom stereocenters. The molecule has 14 heavy (non-hydrogen) atoms. The molecule has 0 aliphatic carbocycles. The molecule has 0 aliphatic heterocycles. The summed E-state index contributed by atoms with van der Waals surface area (Å²) in [7, 11) is 3.84. The summed E-state index contributed by atoms with van der Waals surface area (Å²) < 4.78 is 3.70. The van der Waals surface area contributed by atoms with Gasteiger partial charge < -0.3 is 4.57 Å². The van der Waals surface area contributed by atoms with Gasteiger partial charge in [0.15, 0.2) is 5.82 Å². The molecular weight excluding hydrogens is 176 g/mol. The molecule has 2 heterocycles. The lowest BCUT2D eigenvalue weighted by molar-refractivity contribution is 0.765. The summed E-state index contributed by atoms with van der Waals surface area (Å²) in [5.41, 5.74) is 1.87. The Morgan fingerprint density at radius 3 is 2.79 bits per heavy atom. The van der Waals surface area contributed by atoms with Crippen molar-refractivity contribution in [3.8, 4) is 11.5 Å². The van der Waals surface area contributed by atoms with Gasteiger partial charge in [-0.05, 0) is 0 Å². The normalized spacial score (nSPS) is 10.4. The zero-order valence-electron chi connectivity index (χ0n) is 8.31. The van der Waals surface area contributed by atoms with Crippen molar-refractivity contribution >= 4 is 6.08 Å². The monoisotopic (exact) mass is 188 g/mol. The van der Waals surface area contributed by atoms with Crippen LogP contribution in [0, 0.1) is 0 Å². The van der Waals surface area contributed by atoms with Crippen LogP contribution in [0.5, 0.6) is 0 Å². The van der Waals surface area contributed by atoms with Gasteiger partial charge in [-0.2, -0.15) is 5.10 Å². The Morgan fingerprint density at radius 2 is 2.21 bits per heavy atom. The molecule has 2 rings (SSSR count). The summed E-state index contributed by atoms with van der Waals surface area (Å²) in [6, 6.07) is 0. The molecule has 2 aromatic heterocycles. The first kappa shape index (κ1) is 8.74. The minimum absolute atomic E-state index is 0.862. The van der Waals surface area contributed by atoms with E-state index in [0.717, 1.165) is 17.1 Å². The van der Waals surface area contributed by atoms with Gasteiger partial charge in [0.2, 0.25) is 0 Å². The third-order valence-electron chi connectivity index (χ3n) is 2.11. The summed E-state index contributed by atoms with van der Waals surface area (Å²) in [5, 5.41) is 4.35. The van der Waals surface area contributed by atoms with Crippen molar-refractivity contribution in [3.05, 3.63) is 30.7 Å². The van der Waals surface area contributed by atoms with Gasteiger partial charge in [0, 0.05) is 38.2 Å². The second kappa shape index (κ2) is 3.14. The minimum atomic E-state index is 0.862. The molecule has 0 atom stereocenters. The predicted octanol–water partition coefficient (Wildman–Crippen LogP) is 1.46. The number of aryl methyl sites for hydroxylation is 2. The van der Waals surface area contributed by atoms with Gasteiger partial charge in [0.1, 0.15) is 5.69 Å². The SMILES string of the molecule is C=Cc1cn(C)nc1-c1nccn1C. The molecule has 0 saturated heterocycles. The molecule has 0 aliphatic rings. The maximum atomic E-state index is 4.35. The predicted molar refractivity (Wildman–Crippen MR) is 55.5 cm³/mol. The Labute approximate surface area is 82.5 Å². The van der Waals surface area contributed by atoms with Gasteiger partial charge in [0.05, 0.1) is 0 Å². The molecule has 0 N–H and O–H groups in total. The Morgan fingerprint density at radius 1 is 1.43 bits per heavy atom. The number of rotatable bonds is 2. The van der Waals surface area contributed by atoms with Gasteiger partial charge in [0.25, 0.3) is 0 Å². The van der Waals surface area contributed by atoms with Crippen molar-refractivity contribution in [2.45, 2.75) is 0 Å². The second-order valence-corrected chi connectivity index (χ2v) is 3.17. The van der Waals surface area contributed by atoms with Crippen LogP contribution < -0.4 is 0 Å². The fraction of sp³-hybridized carbons (Fsp3) is 0.200. The standard InChI is InChI=1S/C10H12N4/c1-4-8-7-14(3)12-9(8)10-11-5-6-13(10)2/h4-7H,1H2,2-3H3. The summed E-state index contributed by atoms with van der Waals surface area (Å²) in [6.45, 7) is 3.75. The van der Waals surface area contributed by atoms with Gasteiger partial charge in [-0.1, -0.05) is 12.7 Å². The molecular formula is C10H12N4. The molecule has 4 heteroatoms. The van der Waals surface area contributed by atoms with Crippen molar-refractivity contribution in [2.75, 3.05) is 0 Å². The first-order valence-electron chi connectivity index (χ1n) is 4.36. The van der Waals surface area contributed by atoms with E-state index >= 15 is 0 Å². The zero-order chi connectivity index (χ0) is 10.1. The maximum Gasteiger partial charge on any atom is 0.160 e. The highest BCUT2D eigenvalue weighted by Gasteiger charge is 2.11. The number of hydrogen-bond acceptors (Lipinski definition) is 2. The number of nitrogens with zero attached hydrogens (tertiary/aromatic N) is 4. The third-order valence-corrected chi connectivity index (χ3v) is 2.11. The van der Waals surface area contributed by atoms with Crippen LogP contribution >= 0.6 is 0 Å². The van der Waals surface area contributed by atoms with E-state index in [1.807, 2.05) is 31.1 Å². The van der Waals surface area contributed by atoms with Crippen molar-refractivity contribution in [1.29, 1.82) is 0 Å². The first-order valence-corrected chi connectivity index (χ1v) is 4.36. The molecule has 0 radical (unpaired) electrons. The maximum absolute atomic E-state index is 4.35. The van der Waals surface area contributed by atoms with E-state index in [2.05, 4.69) is 16.7 Å². The van der Waals surface area contributed by atoms with Crippen LogP contribution in [-0.4, -0.2) is 19.3 Å². The molecule has 0 amide bonds. The molecule has 0 fully saturated rings. The fourth-order valence-corrected chi connectivity index (χ4v) is 1.42. The first-order chi connectivity index (χ1) is 6.72. The van der Waals surface area contributed by atoms with Crippen LogP contribution in [0.1, 0.15) is 5.56 Å². The van der Waals surface area contributed by atoms with Crippen LogP contribution in [0.4, 0.5) is 0 Å². The lowest BCUT2D eigenvalue weighted by atomic mass is 10.2. The Bertz CT molecular complexity index is 464. The van der Waals surface area contributed by atoms with E-state index in [1.165, 1.54) is 0 Å². The molecule has 72 valence electrons. The Balaban J connectivity index is 2.61. The summed E-state index contributed by atoms with van der Waals surface area (Å²) in [4.78, 5) is 4.25. The van der Waals surface area contributed by atoms with Crippen molar-refractivity contribution in [1.82, 2.24) is 19.3 Å². The summed E-state index contributed by atoms with van der Waals surface area (Å²) in [5.74, 6) is 0.862. The van der Waals surface area contributed by atoms with Gasteiger partial charge in [-0.25, -0.2) is 4.98 Å². The van der Waals surface area contributed by atoms with E-state index in [0.29, 0.717) is 0 Å². The smallest absolute Gasteiger partial charge is 0.160 e. The third kappa shape index (κ3) is 1.25. The van der Waals surface area contributed by atoms with Crippen LogP contribution in [0.15, 0.2) is 25.2 Å². The second-order valence-electron chi connectivity index (χ2n) is 3.17. The molecule has 0 aromatic carbocycles. The highest BCUT2D eigenvalue weighted by atomic mass is 15.3. The molecule has 4 nitrogen and oxygen atoms in total. The van der Waals surface area contributed by atoms with Crippen LogP contribution in [0.25, 0.3) is 17.6 Å². The van der Waals surface area contributed by atoms with E-state index in [9.17, 15) is 0 Å². The van der Waals surface area contributed by atoms with Crippen LogP contribution in [0.3, 0.4) is 0 Å². The van der Waals surface area contributed by atoms with Crippen LogP contribution in [0.2, 0.25) is 0 Å². The van der Waals surface area contributed by atoms with E-state index in [1.54, 1.807) is 17.0 Å². The zero-order valence-corrected chi connectivity index (χ0v) is 8.31. The molecule has 0 spiro atoms. The van der Waals surface area contributed by atoms with Crippen molar-refractivity contribution < 1.29 is 0 Å². The number of hydrogen-bond donors (Lipinski definition) is 0. The van der Waals surface area contributed by atoms with Gasteiger partial charge in [-0.3, -0.25) is 4.68 Å². The topological polar surface area (TPSA) is 35.6 Å². The fourth-order valence-electron chi connectivity index (χ4n) is 1.42. The van der Waals surface area contributed by atoms with E-state index in [-0.39, 0.29) is 0 Å². The highest BCUT2D eigenvalue weighted by Crippen LogP contribution is 2.19. The Kier molecular flexibility index (Phi) is 1.96. The lowest BCUT2D eigenvalue weighted by Crippen LogP contribution is -1.94. The summed E-state index contributed by atoms with van der Waals surface area (Å²) >= 11 is 0. The average Bonchev–Trinajstić information content (AvgIpc) is 2.71. The number of aromatic nitrogens is 4. The average molecular weight is 188 g/mol. The highest BCUT2D eigenvalue weighted by molar-refractivity contribution is 5.66. The summed E-state index contributed by atoms with van der Waals surface area (Å²) in [6.07, 6.45) is 7.38. The van der Waals surface area contributed by atoms with E-state index < -0.39 is 0 Å². The van der Waals surface area contributed by atoms with E-state index in [4.69, 9.17) is 0 Å². The van der Waals surface area contributed by atoms with Gasteiger partial charge >= 0.3 is 0 Å². The quantitative estimate of drug-likeness (QED) is 0.715. The molecule has 2 aromatic rings.